The molecule has 0 aliphatic heterocycles. The van der Waals surface area contributed by atoms with Gasteiger partial charge in [-0.15, -0.1) is 11.3 Å². The molecule has 1 N–H and O–H groups in total. The Balaban J connectivity index is 1.69. The first-order valence-electron chi connectivity index (χ1n) is 8.46. The van der Waals surface area contributed by atoms with E-state index in [-0.39, 0.29) is 30.4 Å². The van der Waals surface area contributed by atoms with Crippen LogP contribution in [-0.4, -0.2) is 35.1 Å². The molecule has 3 rings (SSSR count). The van der Waals surface area contributed by atoms with Crippen molar-refractivity contribution in [3.63, 3.8) is 0 Å². The van der Waals surface area contributed by atoms with Crippen molar-refractivity contribution in [3.05, 3.63) is 53.1 Å². The van der Waals surface area contributed by atoms with Gasteiger partial charge in [0.25, 0.3) is 5.56 Å². The van der Waals surface area contributed by atoms with Crippen molar-refractivity contribution in [3.8, 4) is 10.4 Å². The third-order valence-electron chi connectivity index (χ3n) is 4.00. The Morgan fingerprint density at radius 3 is 2.78 bits per heavy atom. The number of methoxy groups -OCH3 is 1. The van der Waals surface area contributed by atoms with Gasteiger partial charge in [0.1, 0.15) is 11.4 Å². The standard InChI is InChI=1S/C19H19N3O4S/c1-26-17(24)8-5-9-20-16(23)11-22-12-21-18-14(19(22)25)10-15(27-18)13-6-3-2-4-7-13/h2-4,6-7,10,12H,5,8-9,11H2,1H3,(H,20,23). The van der Waals surface area contributed by atoms with E-state index < -0.39 is 0 Å². The van der Waals surface area contributed by atoms with E-state index in [0.717, 1.165) is 10.4 Å². The zero-order valence-corrected chi connectivity index (χ0v) is 15.6. The minimum absolute atomic E-state index is 0.115. The molecule has 2 aromatic heterocycles. The average Bonchev–Trinajstić information content (AvgIpc) is 3.13. The Hall–Kier alpha value is -3.00. The van der Waals surface area contributed by atoms with Gasteiger partial charge < -0.3 is 10.1 Å². The summed E-state index contributed by atoms with van der Waals surface area (Å²) in [5, 5.41) is 3.19. The number of amides is 1. The molecule has 0 aliphatic carbocycles. The number of benzene rings is 1. The molecule has 0 atom stereocenters. The fraction of sp³-hybridized carbons (Fsp3) is 0.263. The van der Waals surface area contributed by atoms with Gasteiger partial charge in [-0.2, -0.15) is 0 Å². The number of thiophene rings is 1. The average molecular weight is 385 g/mol. The number of carbonyl (C=O) groups is 2. The largest absolute Gasteiger partial charge is 0.469 e. The number of esters is 1. The highest BCUT2D eigenvalue weighted by atomic mass is 32.1. The molecule has 7 nitrogen and oxygen atoms in total. The maximum atomic E-state index is 12.7. The minimum atomic E-state index is -0.318. The first kappa shape index (κ1) is 18.8. The van der Waals surface area contributed by atoms with Crippen LogP contribution in [0.5, 0.6) is 0 Å². The number of hydrogen-bond donors (Lipinski definition) is 1. The lowest BCUT2D eigenvalue weighted by Crippen LogP contribution is -2.33. The van der Waals surface area contributed by atoms with E-state index in [1.54, 1.807) is 0 Å². The molecule has 3 aromatic rings. The summed E-state index contributed by atoms with van der Waals surface area (Å²) in [6, 6.07) is 11.6. The highest BCUT2D eigenvalue weighted by molar-refractivity contribution is 7.21. The van der Waals surface area contributed by atoms with Gasteiger partial charge in [0, 0.05) is 17.8 Å². The predicted octanol–water partition coefficient (Wildman–Crippen LogP) is 2.19. The second-order valence-corrected chi connectivity index (χ2v) is 6.93. The lowest BCUT2D eigenvalue weighted by molar-refractivity contribution is -0.140. The molecular formula is C19H19N3O4S. The minimum Gasteiger partial charge on any atom is -0.469 e. The summed E-state index contributed by atoms with van der Waals surface area (Å²) >= 11 is 1.45. The number of carbonyl (C=O) groups excluding carboxylic acids is 2. The monoisotopic (exact) mass is 385 g/mol. The normalized spacial score (nSPS) is 10.7. The molecule has 1 amide bonds. The van der Waals surface area contributed by atoms with Gasteiger partial charge in [-0.25, -0.2) is 4.98 Å². The van der Waals surface area contributed by atoms with Crippen LogP contribution in [0, 0.1) is 0 Å². The molecule has 8 heteroatoms. The Bertz CT molecular complexity index is 1010. The van der Waals surface area contributed by atoms with Crippen molar-refractivity contribution in [1.29, 1.82) is 0 Å². The number of ether oxygens (including phenoxy) is 1. The quantitative estimate of drug-likeness (QED) is 0.497. The van der Waals surface area contributed by atoms with Crippen molar-refractivity contribution in [2.24, 2.45) is 0 Å². The number of rotatable bonds is 7. The first-order chi connectivity index (χ1) is 13.1. The van der Waals surface area contributed by atoms with Gasteiger partial charge in [0.15, 0.2) is 0 Å². The molecule has 2 heterocycles. The third kappa shape index (κ3) is 4.59. The summed E-state index contributed by atoms with van der Waals surface area (Å²) in [4.78, 5) is 41.6. The molecule has 0 spiro atoms. The van der Waals surface area contributed by atoms with Crippen molar-refractivity contribution < 1.29 is 14.3 Å². The van der Waals surface area contributed by atoms with Crippen LogP contribution >= 0.6 is 11.3 Å². The smallest absolute Gasteiger partial charge is 0.305 e. The highest BCUT2D eigenvalue weighted by Crippen LogP contribution is 2.30. The van der Waals surface area contributed by atoms with Crippen LogP contribution in [0.15, 0.2) is 47.5 Å². The number of aromatic nitrogens is 2. The van der Waals surface area contributed by atoms with Gasteiger partial charge in [-0.3, -0.25) is 19.0 Å². The van der Waals surface area contributed by atoms with Crippen LogP contribution in [0.2, 0.25) is 0 Å². The van der Waals surface area contributed by atoms with Crippen LogP contribution in [0.25, 0.3) is 20.7 Å². The fourth-order valence-corrected chi connectivity index (χ4v) is 3.59. The fourth-order valence-electron chi connectivity index (χ4n) is 2.59. The third-order valence-corrected chi connectivity index (χ3v) is 5.09. The Kier molecular flexibility index (Phi) is 5.97. The summed E-state index contributed by atoms with van der Waals surface area (Å²) < 4.78 is 5.83. The van der Waals surface area contributed by atoms with E-state index >= 15 is 0 Å². The zero-order chi connectivity index (χ0) is 19.2. The van der Waals surface area contributed by atoms with Gasteiger partial charge >= 0.3 is 5.97 Å². The van der Waals surface area contributed by atoms with Crippen LogP contribution in [0.3, 0.4) is 0 Å². The zero-order valence-electron chi connectivity index (χ0n) is 14.8. The lowest BCUT2D eigenvalue weighted by Gasteiger charge is -2.06. The van der Waals surface area contributed by atoms with E-state index in [2.05, 4.69) is 15.0 Å². The van der Waals surface area contributed by atoms with Gasteiger partial charge in [0.05, 0.1) is 18.8 Å². The SMILES string of the molecule is COC(=O)CCCNC(=O)Cn1cnc2sc(-c3ccccc3)cc2c1=O. The number of hydrogen-bond acceptors (Lipinski definition) is 6. The second kappa shape index (κ2) is 8.59. The molecule has 0 saturated carbocycles. The topological polar surface area (TPSA) is 90.3 Å². The Labute approximate surface area is 159 Å². The van der Waals surface area contributed by atoms with Gasteiger partial charge in [0.2, 0.25) is 5.91 Å². The lowest BCUT2D eigenvalue weighted by atomic mass is 10.2. The molecule has 0 fully saturated rings. The van der Waals surface area contributed by atoms with Crippen LogP contribution < -0.4 is 10.9 Å². The van der Waals surface area contributed by atoms with Crippen molar-refractivity contribution in [2.45, 2.75) is 19.4 Å². The van der Waals surface area contributed by atoms with E-state index in [0.29, 0.717) is 23.2 Å². The van der Waals surface area contributed by atoms with E-state index in [4.69, 9.17) is 0 Å². The predicted molar refractivity (Wildman–Crippen MR) is 104 cm³/mol. The maximum Gasteiger partial charge on any atom is 0.305 e. The first-order valence-corrected chi connectivity index (χ1v) is 9.28. The van der Waals surface area contributed by atoms with Gasteiger partial charge in [-0.05, 0) is 18.1 Å². The van der Waals surface area contributed by atoms with Crippen LogP contribution in [0.4, 0.5) is 0 Å². The molecular weight excluding hydrogens is 366 g/mol. The summed E-state index contributed by atoms with van der Waals surface area (Å²) in [6.07, 6.45) is 2.11. The summed E-state index contributed by atoms with van der Waals surface area (Å²) in [5.41, 5.74) is 0.776. The van der Waals surface area contributed by atoms with E-state index in [1.165, 1.54) is 29.3 Å². The van der Waals surface area contributed by atoms with E-state index in [9.17, 15) is 14.4 Å². The Morgan fingerprint density at radius 2 is 2.04 bits per heavy atom. The molecule has 0 radical (unpaired) electrons. The number of fused-ring (bicyclic) bond motifs is 1. The van der Waals surface area contributed by atoms with Crippen LogP contribution in [-0.2, 0) is 20.9 Å². The molecule has 1 aromatic carbocycles. The molecule has 0 unspecified atom stereocenters. The molecule has 140 valence electrons. The van der Waals surface area contributed by atoms with E-state index in [1.807, 2.05) is 36.4 Å². The molecule has 0 saturated heterocycles. The number of nitrogens with zero attached hydrogens (tertiary/aromatic N) is 2. The summed E-state index contributed by atoms with van der Waals surface area (Å²) in [6.45, 7) is 0.228. The van der Waals surface area contributed by atoms with Crippen LogP contribution in [0.1, 0.15) is 12.8 Å². The number of nitrogens with one attached hydrogen (secondary N) is 1. The van der Waals surface area contributed by atoms with Crippen molar-refractivity contribution >= 4 is 33.4 Å². The van der Waals surface area contributed by atoms with Crippen molar-refractivity contribution in [1.82, 2.24) is 14.9 Å². The summed E-state index contributed by atoms with van der Waals surface area (Å²) in [7, 11) is 1.32. The maximum absolute atomic E-state index is 12.7. The highest BCUT2D eigenvalue weighted by Gasteiger charge is 2.12. The summed E-state index contributed by atoms with van der Waals surface area (Å²) in [5.74, 6) is -0.622. The van der Waals surface area contributed by atoms with Crippen molar-refractivity contribution in [2.75, 3.05) is 13.7 Å². The molecule has 27 heavy (non-hydrogen) atoms. The Morgan fingerprint density at radius 1 is 1.26 bits per heavy atom. The second-order valence-electron chi connectivity index (χ2n) is 5.90. The molecule has 0 aliphatic rings. The van der Waals surface area contributed by atoms with Gasteiger partial charge in [-0.1, -0.05) is 30.3 Å². The molecule has 0 bridgehead atoms.